The highest BCUT2D eigenvalue weighted by atomic mass is 15.2. The van der Waals surface area contributed by atoms with Crippen LogP contribution in [0.1, 0.15) is 52.9 Å². The lowest BCUT2D eigenvalue weighted by atomic mass is 9.77. The Morgan fingerprint density at radius 1 is 1.40 bits per heavy atom. The molecule has 2 heteroatoms. The summed E-state index contributed by atoms with van der Waals surface area (Å²) in [6.07, 6.45) is 6.87. The van der Waals surface area contributed by atoms with Gasteiger partial charge in [-0.2, -0.15) is 0 Å². The summed E-state index contributed by atoms with van der Waals surface area (Å²) < 4.78 is 0. The second kappa shape index (κ2) is 4.42. The molecule has 0 spiro atoms. The van der Waals surface area contributed by atoms with Gasteiger partial charge in [0.25, 0.3) is 0 Å². The van der Waals surface area contributed by atoms with E-state index in [1.165, 1.54) is 45.2 Å². The molecule has 15 heavy (non-hydrogen) atoms. The zero-order valence-electron chi connectivity index (χ0n) is 10.6. The molecule has 0 aromatic carbocycles. The van der Waals surface area contributed by atoms with Crippen LogP contribution in [0.4, 0.5) is 0 Å². The average Bonchev–Trinajstić information content (AvgIpc) is 2.16. The van der Waals surface area contributed by atoms with Gasteiger partial charge in [0.1, 0.15) is 0 Å². The van der Waals surface area contributed by atoms with Crippen LogP contribution in [0.3, 0.4) is 0 Å². The van der Waals surface area contributed by atoms with Crippen molar-refractivity contribution in [3.05, 3.63) is 0 Å². The molecule has 1 heterocycles. The number of rotatable bonds is 3. The summed E-state index contributed by atoms with van der Waals surface area (Å²) in [5.41, 5.74) is 0.485. The van der Waals surface area contributed by atoms with Crippen LogP contribution in [0, 0.1) is 0 Å². The van der Waals surface area contributed by atoms with Crippen LogP contribution >= 0.6 is 0 Å². The molecule has 0 aromatic rings. The maximum atomic E-state index is 3.88. The van der Waals surface area contributed by atoms with E-state index in [9.17, 15) is 0 Å². The molecule has 1 aliphatic carbocycles. The number of nitrogens with zero attached hydrogens (tertiary/aromatic N) is 1. The van der Waals surface area contributed by atoms with E-state index < -0.39 is 0 Å². The average molecular weight is 210 g/mol. The quantitative estimate of drug-likeness (QED) is 0.769. The molecule has 2 fully saturated rings. The third-order valence-corrected chi connectivity index (χ3v) is 4.43. The summed E-state index contributed by atoms with van der Waals surface area (Å²) in [4.78, 5) is 2.60. The van der Waals surface area contributed by atoms with Crippen molar-refractivity contribution >= 4 is 0 Å². The maximum Gasteiger partial charge on any atom is 0.0156 e. The van der Waals surface area contributed by atoms with E-state index in [2.05, 4.69) is 31.0 Å². The summed E-state index contributed by atoms with van der Waals surface area (Å²) in [7, 11) is 0. The van der Waals surface area contributed by atoms with Crippen molar-refractivity contribution < 1.29 is 0 Å². The van der Waals surface area contributed by atoms with Crippen LogP contribution in [0.15, 0.2) is 0 Å². The minimum Gasteiger partial charge on any atom is -0.309 e. The first-order valence-electron chi connectivity index (χ1n) is 6.65. The summed E-state index contributed by atoms with van der Waals surface area (Å²) in [5, 5.41) is 3.88. The van der Waals surface area contributed by atoms with Gasteiger partial charge in [-0.05, 0) is 59.0 Å². The predicted octanol–water partition coefficient (Wildman–Crippen LogP) is 2.39. The van der Waals surface area contributed by atoms with Gasteiger partial charge in [0.2, 0.25) is 0 Å². The Balaban J connectivity index is 1.80. The van der Waals surface area contributed by atoms with Crippen LogP contribution in [-0.2, 0) is 0 Å². The Morgan fingerprint density at radius 2 is 2.13 bits per heavy atom. The summed E-state index contributed by atoms with van der Waals surface area (Å²) >= 11 is 0. The van der Waals surface area contributed by atoms with Gasteiger partial charge < -0.3 is 10.2 Å². The minimum absolute atomic E-state index is 0.485. The molecular formula is C13H26N2. The van der Waals surface area contributed by atoms with Gasteiger partial charge in [-0.3, -0.25) is 0 Å². The zero-order valence-corrected chi connectivity index (χ0v) is 10.6. The molecule has 2 unspecified atom stereocenters. The van der Waals surface area contributed by atoms with E-state index in [0.717, 1.165) is 12.1 Å². The number of piperidine rings is 1. The second-order valence-corrected chi connectivity index (χ2v) is 5.76. The van der Waals surface area contributed by atoms with E-state index in [-0.39, 0.29) is 0 Å². The Bertz CT molecular complexity index is 211. The molecule has 0 radical (unpaired) electrons. The van der Waals surface area contributed by atoms with Crippen molar-refractivity contribution in [2.24, 2.45) is 0 Å². The Kier molecular flexibility index (Phi) is 3.36. The SMILES string of the molecule is CCN1CCC(NC2(C)CCC2)CC1C. The van der Waals surface area contributed by atoms with Gasteiger partial charge in [0, 0.05) is 17.6 Å². The van der Waals surface area contributed by atoms with Gasteiger partial charge in [0.15, 0.2) is 0 Å². The van der Waals surface area contributed by atoms with Gasteiger partial charge in [-0.25, -0.2) is 0 Å². The monoisotopic (exact) mass is 210 g/mol. The Labute approximate surface area is 94.4 Å². The smallest absolute Gasteiger partial charge is 0.0156 e. The van der Waals surface area contributed by atoms with Crippen molar-refractivity contribution in [2.45, 2.75) is 70.5 Å². The van der Waals surface area contributed by atoms with Crippen molar-refractivity contribution in [2.75, 3.05) is 13.1 Å². The maximum absolute atomic E-state index is 3.88. The Hall–Kier alpha value is -0.0800. The van der Waals surface area contributed by atoms with Gasteiger partial charge in [-0.15, -0.1) is 0 Å². The molecule has 1 N–H and O–H groups in total. The third-order valence-electron chi connectivity index (χ3n) is 4.43. The van der Waals surface area contributed by atoms with Crippen LogP contribution < -0.4 is 5.32 Å². The molecule has 0 bridgehead atoms. The van der Waals surface area contributed by atoms with Gasteiger partial charge in [0.05, 0.1) is 0 Å². The van der Waals surface area contributed by atoms with E-state index in [1.54, 1.807) is 0 Å². The third kappa shape index (κ3) is 2.54. The molecule has 2 aliphatic rings. The molecule has 1 aliphatic heterocycles. The van der Waals surface area contributed by atoms with Crippen LogP contribution in [0.5, 0.6) is 0 Å². The zero-order chi connectivity index (χ0) is 10.9. The predicted molar refractivity (Wildman–Crippen MR) is 65.1 cm³/mol. The number of hydrogen-bond donors (Lipinski definition) is 1. The highest BCUT2D eigenvalue weighted by molar-refractivity contribution is 4.95. The van der Waals surface area contributed by atoms with Crippen molar-refractivity contribution in [1.82, 2.24) is 10.2 Å². The van der Waals surface area contributed by atoms with Crippen LogP contribution in [-0.4, -0.2) is 35.6 Å². The van der Waals surface area contributed by atoms with Crippen LogP contribution in [0.25, 0.3) is 0 Å². The standard InChI is InChI=1S/C13H26N2/c1-4-15-9-6-12(10-11(15)2)14-13(3)7-5-8-13/h11-12,14H,4-10H2,1-3H3. The topological polar surface area (TPSA) is 15.3 Å². The van der Waals surface area contributed by atoms with Gasteiger partial charge >= 0.3 is 0 Å². The Morgan fingerprint density at radius 3 is 2.60 bits per heavy atom. The first-order valence-corrected chi connectivity index (χ1v) is 6.65. The molecule has 2 nitrogen and oxygen atoms in total. The largest absolute Gasteiger partial charge is 0.309 e. The minimum atomic E-state index is 0.485. The summed E-state index contributed by atoms with van der Waals surface area (Å²) in [6.45, 7) is 9.54. The molecule has 2 rings (SSSR count). The lowest BCUT2D eigenvalue weighted by Gasteiger charge is -2.46. The fraction of sp³-hybridized carbons (Fsp3) is 1.00. The summed E-state index contributed by atoms with van der Waals surface area (Å²) in [6, 6.07) is 1.54. The molecule has 88 valence electrons. The van der Waals surface area contributed by atoms with Gasteiger partial charge in [-0.1, -0.05) is 6.92 Å². The number of nitrogens with one attached hydrogen (secondary N) is 1. The highest BCUT2D eigenvalue weighted by Gasteiger charge is 2.35. The molecule has 0 aromatic heterocycles. The second-order valence-electron chi connectivity index (χ2n) is 5.76. The fourth-order valence-corrected chi connectivity index (χ4v) is 3.17. The molecule has 1 saturated heterocycles. The van der Waals surface area contributed by atoms with E-state index >= 15 is 0 Å². The molecule has 2 atom stereocenters. The number of hydrogen-bond acceptors (Lipinski definition) is 2. The lowest BCUT2D eigenvalue weighted by Crippen LogP contribution is -2.56. The van der Waals surface area contributed by atoms with Crippen molar-refractivity contribution in [3.63, 3.8) is 0 Å². The molecule has 0 amide bonds. The summed E-state index contributed by atoms with van der Waals surface area (Å²) in [5.74, 6) is 0. The van der Waals surface area contributed by atoms with E-state index in [4.69, 9.17) is 0 Å². The normalized spacial score (nSPS) is 36.2. The van der Waals surface area contributed by atoms with E-state index in [1.807, 2.05) is 0 Å². The van der Waals surface area contributed by atoms with E-state index in [0.29, 0.717) is 5.54 Å². The lowest BCUT2D eigenvalue weighted by molar-refractivity contribution is 0.105. The highest BCUT2D eigenvalue weighted by Crippen LogP contribution is 2.33. The van der Waals surface area contributed by atoms with Crippen molar-refractivity contribution in [3.8, 4) is 0 Å². The van der Waals surface area contributed by atoms with Crippen LogP contribution in [0.2, 0.25) is 0 Å². The fourth-order valence-electron chi connectivity index (χ4n) is 3.17. The van der Waals surface area contributed by atoms with Crippen molar-refractivity contribution in [1.29, 1.82) is 0 Å². The molecule has 1 saturated carbocycles. The number of likely N-dealkylation sites (tertiary alicyclic amines) is 1. The first-order chi connectivity index (χ1) is 7.13. The first kappa shape index (κ1) is 11.4. The molecular weight excluding hydrogens is 184 g/mol.